The third-order valence-corrected chi connectivity index (χ3v) is 2.51. The highest BCUT2D eigenvalue weighted by Gasteiger charge is 2.21. The predicted molar refractivity (Wildman–Crippen MR) is 51.4 cm³/mol. The van der Waals surface area contributed by atoms with Gasteiger partial charge in [0.05, 0.1) is 12.7 Å². The SMILES string of the molecule is O=c1cnn2c(c1O)-c1nccn1CC2. The minimum absolute atomic E-state index is 0.280. The van der Waals surface area contributed by atoms with Crippen LogP contribution in [0.15, 0.2) is 23.4 Å². The number of aryl methyl sites for hydroxylation is 2. The zero-order valence-corrected chi connectivity index (χ0v) is 7.79. The van der Waals surface area contributed by atoms with E-state index in [1.54, 1.807) is 10.9 Å². The number of aromatic hydroxyl groups is 1. The van der Waals surface area contributed by atoms with Gasteiger partial charge in [0.25, 0.3) is 0 Å². The Bertz CT molecular complexity index is 584. The summed E-state index contributed by atoms with van der Waals surface area (Å²) in [5, 5.41) is 13.6. The van der Waals surface area contributed by atoms with Crippen molar-refractivity contribution in [2.45, 2.75) is 13.1 Å². The second-order valence-corrected chi connectivity index (χ2v) is 3.37. The van der Waals surface area contributed by atoms with Crippen LogP contribution in [-0.4, -0.2) is 24.4 Å². The summed E-state index contributed by atoms with van der Waals surface area (Å²) in [6.45, 7) is 1.38. The topological polar surface area (TPSA) is 72.9 Å². The van der Waals surface area contributed by atoms with E-state index in [1.165, 1.54) is 0 Å². The fourth-order valence-corrected chi connectivity index (χ4v) is 1.78. The van der Waals surface area contributed by atoms with Gasteiger partial charge in [-0.05, 0) is 0 Å². The molecule has 0 amide bonds. The summed E-state index contributed by atoms with van der Waals surface area (Å²) < 4.78 is 3.48. The van der Waals surface area contributed by atoms with Gasteiger partial charge in [0.1, 0.15) is 5.69 Å². The molecule has 0 saturated heterocycles. The Morgan fingerprint density at radius 1 is 1.40 bits per heavy atom. The number of imidazole rings is 1. The second kappa shape index (κ2) is 2.69. The van der Waals surface area contributed by atoms with Crippen molar-refractivity contribution < 1.29 is 5.11 Å². The van der Waals surface area contributed by atoms with Crippen molar-refractivity contribution in [2.24, 2.45) is 0 Å². The normalized spacial score (nSPS) is 13.3. The quantitative estimate of drug-likeness (QED) is 0.646. The van der Waals surface area contributed by atoms with Crippen LogP contribution in [0, 0.1) is 0 Å². The lowest BCUT2D eigenvalue weighted by atomic mass is 10.3. The van der Waals surface area contributed by atoms with Crippen LogP contribution in [-0.2, 0) is 13.1 Å². The van der Waals surface area contributed by atoms with Gasteiger partial charge in [0, 0.05) is 18.9 Å². The lowest BCUT2D eigenvalue weighted by Crippen LogP contribution is -2.22. The van der Waals surface area contributed by atoms with Crippen molar-refractivity contribution in [3.05, 3.63) is 28.8 Å². The molecule has 0 aliphatic carbocycles. The first-order valence-electron chi connectivity index (χ1n) is 4.58. The maximum atomic E-state index is 11.3. The zero-order valence-electron chi connectivity index (χ0n) is 7.79. The van der Waals surface area contributed by atoms with Crippen LogP contribution in [0.25, 0.3) is 11.5 Å². The minimum Gasteiger partial charge on any atom is -0.503 e. The number of nitrogens with zero attached hydrogens (tertiary/aromatic N) is 4. The van der Waals surface area contributed by atoms with Gasteiger partial charge in [-0.1, -0.05) is 0 Å². The molecule has 0 radical (unpaired) electrons. The van der Waals surface area contributed by atoms with E-state index in [4.69, 9.17) is 0 Å². The number of aromatic nitrogens is 4. The summed E-state index contributed by atoms with van der Waals surface area (Å²) in [4.78, 5) is 15.4. The Labute approximate surface area is 84.4 Å². The van der Waals surface area contributed by atoms with Gasteiger partial charge in [0.2, 0.25) is 5.43 Å². The van der Waals surface area contributed by atoms with Crippen LogP contribution in [0.3, 0.4) is 0 Å². The predicted octanol–water partition coefficient (Wildman–Crippen LogP) is -0.174. The molecule has 1 aliphatic heterocycles. The van der Waals surface area contributed by atoms with E-state index >= 15 is 0 Å². The molecule has 1 aliphatic rings. The highest BCUT2D eigenvalue weighted by molar-refractivity contribution is 5.59. The van der Waals surface area contributed by atoms with E-state index in [0.717, 1.165) is 12.7 Å². The summed E-state index contributed by atoms with van der Waals surface area (Å²) in [6.07, 6.45) is 4.58. The fourth-order valence-electron chi connectivity index (χ4n) is 1.78. The average molecular weight is 204 g/mol. The summed E-state index contributed by atoms with van der Waals surface area (Å²) in [5.41, 5.74) is -0.0727. The average Bonchev–Trinajstić information content (AvgIpc) is 2.70. The lowest BCUT2D eigenvalue weighted by Gasteiger charge is -2.19. The van der Waals surface area contributed by atoms with E-state index in [2.05, 4.69) is 10.1 Å². The van der Waals surface area contributed by atoms with Crippen LogP contribution < -0.4 is 5.43 Å². The number of fused-ring (bicyclic) bond motifs is 3. The van der Waals surface area contributed by atoms with Gasteiger partial charge in [-0.3, -0.25) is 9.48 Å². The fraction of sp³-hybridized carbons (Fsp3) is 0.222. The van der Waals surface area contributed by atoms with Gasteiger partial charge in [-0.2, -0.15) is 5.10 Å². The standard InChI is InChI=1S/C9H8N4O2/c14-6-5-11-13-4-3-12-2-1-10-9(12)7(13)8(6)15/h1-2,5,15H,3-4H2. The molecule has 0 bridgehead atoms. The molecule has 15 heavy (non-hydrogen) atoms. The largest absolute Gasteiger partial charge is 0.503 e. The smallest absolute Gasteiger partial charge is 0.242 e. The Kier molecular flexibility index (Phi) is 1.47. The Morgan fingerprint density at radius 2 is 2.27 bits per heavy atom. The van der Waals surface area contributed by atoms with E-state index in [0.29, 0.717) is 18.1 Å². The first kappa shape index (κ1) is 8.22. The van der Waals surface area contributed by atoms with E-state index in [-0.39, 0.29) is 5.75 Å². The van der Waals surface area contributed by atoms with E-state index in [1.807, 2.05) is 10.8 Å². The van der Waals surface area contributed by atoms with E-state index < -0.39 is 5.43 Å². The van der Waals surface area contributed by atoms with Gasteiger partial charge in [-0.25, -0.2) is 4.98 Å². The lowest BCUT2D eigenvalue weighted by molar-refractivity contribution is 0.435. The molecule has 3 heterocycles. The summed E-state index contributed by atoms with van der Waals surface area (Å²) >= 11 is 0. The van der Waals surface area contributed by atoms with Crippen LogP contribution >= 0.6 is 0 Å². The van der Waals surface area contributed by atoms with Gasteiger partial charge in [0.15, 0.2) is 11.6 Å². The van der Waals surface area contributed by atoms with Crippen LogP contribution in [0.5, 0.6) is 5.75 Å². The number of hydrogen-bond donors (Lipinski definition) is 1. The number of hydrogen-bond acceptors (Lipinski definition) is 4. The third-order valence-electron chi connectivity index (χ3n) is 2.51. The second-order valence-electron chi connectivity index (χ2n) is 3.37. The van der Waals surface area contributed by atoms with Gasteiger partial charge in [-0.15, -0.1) is 0 Å². The Balaban J connectivity index is 2.40. The van der Waals surface area contributed by atoms with Crippen molar-refractivity contribution in [3.63, 3.8) is 0 Å². The Morgan fingerprint density at radius 3 is 3.13 bits per heavy atom. The monoisotopic (exact) mass is 204 g/mol. The molecule has 76 valence electrons. The molecule has 2 aromatic heterocycles. The first-order chi connectivity index (χ1) is 7.27. The van der Waals surface area contributed by atoms with Crippen LogP contribution in [0.1, 0.15) is 0 Å². The molecule has 0 atom stereocenters. The van der Waals surface area contributed by atoms with Crippen molar-refractivity contribution in [1.82, 2.24) is 19.3 Å². The van der Waals surface area contributed by atoms with Gasteiger partial charge < -0.3 is 9.67 Å². The van der Waals surface area contributed by atoms with Gasteiger partial charge >= 0.3 is 0 Å². The van der Waals surface area contributed by atoms with E-state index in [9.17, 15) is 9.90 Å². The van der Waals surface area contributed by atoms with Crippen molar-refractivity contribution in [1.29, 1.82) is 0 Å². The molecular formula is C9H8N4O2. The number of rotatable bonds is 0. The molecule has 1 N–H and O–H groups in total. The van der Waals surface area contributed by atoms with Crippen LogP contribution in [0.4, 0.5) is 0 Å². The molecule has 0 unspecified atom stereocenters. The minimum atomic E-state index is -0.474. The third kappa shape index (κ3) is 1.01. The van der Waals surface area contributed by atoms with Crippen LogP contribution in [0.2, 0.25) is 0 Å². The molecule has 0 spiro atoms. The Hall–Kier alpha value is -2.11. The molecular weight excluding hydrogens is 196 g/mol. The molecule has 6 nitrogen and oxygen atoms in total. The molecule has 2 aromatic rings. The summed E-state index contributed by atoms with van der Waals surface area (Å²) in [5.74, 6) is 0.307. The highest BCUT2D eigenvalue weighted by atomic mass is 16.3. The molecule has 3 rings (SSSR count). The zero-order chi connectivity index (χ0) is 10.4. The summed E-state index contributed by atoms with van der Waals surface area (Å²) in [7, 11) is 0. The maximum absolute atomic E-state index is 11.3. The summed E-state index contributed by atoms with van der Waals surface area (Å²) in [6, 6.07) is 0. The molecule has 6 heteroatoms. The van der Waals surface area contributed by atoms with Crippen molar-refractivity contribution in [3.8, 4) is 17.3 Å². The molecule has 0 saturated carbocycles. The molecule has 0 fully saturated rings. The van der Waals surface area contributed by atoms with Crippen molar-refractivity contribution in [2.75, 3.05) is 0 Å². The molecule has 0 aromatic carbocycles. The first-order valence-corrected chi connectivity index (χ1v) is 4.58. The van der Waals surface area contributed by atoms with Crippen molar-refractivity contribution >= 4 is 0 Å². The highest BCUT2D eigenvalue weighted by Crippen LogP contribution is 2.26. The maximum Gasteiger partial charge on any atom is 0.242 e.